The lowest BCUT2D eigenvalue weighted by Crippen LogP contribution is -2.37. The topological polar surface area (TPSA) is 175 Å². The van der Waals surface area contributed by atoms with Gasteiger partial charge in [-0.05, 0) is 70.5 Å². The summed E-state index contributed by atoms with van der Waals surface area (Å²) in [5.41, 5.74) is 12.1. The number of aryl methyl sites for hydroxylation is 4. The van der Waals surface area contributed by atoms with Crippen LogP contribution in [0.2, 0.25) is 10.3 Å². The maximum Gasteiger partial charge on any atom is 0.248 e. The molecule has 334 valence electrons. The fraction of sp³-hybridized carbons (Fsp3) is 0.348. The number of carbonyl (C=O) groups excluding carboxylic acids is 1. The molecule has 0 aliphatic carbocycles. The number of amides is 1. The second-order valence-electron chi connectivity index (χ2n) is 15.8. The van der Waals surface area contributed by atoms with Crippen molar-refractivity contribution < 1.29 is 19.0 Å². The summed E-state index contributed by atoms with van der Waals surface area (Å²) in [5.74, 6) is 1.19. The zero-order valence-electron chi connectivity index (χ0n) is 36.7. The summed E-state index contributed by atoms with van der Waals surface area (Å²) >= 11 is 14.2. The van der Waals surface area contributed by atoms with E-state index >= 15 is 0 Å². The highest BCUT2D eigenvalue weighted by Gasteiger charge is 2.25. The smallest absolute Gasteiger partial charge is 0.248 e. The number of primary amides is 1. The van der Waals surface area contributed by atoms with Crippen LogP contribution in [0, 0.1) is 20.4 Å². The van der Waals surface area contributed by atoms with E-state index in [0.29, 0.717) is 100.0 Å². The van der Waals surface area contributed by atoms with Crippen LogP contribution >= 0.6 is 23.2 Å². The first kappa shape index (κ1) is 43.7. The van der Waals surface area contributed by atoms with Crippen molar-refractivity contribution in [2.24, 2.45) is 5.73 Å². The van der Waals surface area contributed by atoms with Gasteiger partial charge in [-0.1, -0.05) is 35.4 Å². The van der Waals surface area contributed by atoms with Crippen molar-refractivity contribution in [3.8, 4) is 34.5 Å². The fourth-order valence-electron chi connectivity index (χ4n) is 8.69. The van der Waals surface area contributed by atoms with Crippen LogP contribution in [-0.2, 0) is 30.9 Å². The number of hydrogen-bond donors (Lipinski definition) is 1. The molecule has 1 amide bonds. The fourth-order valence-corrected chi connectivity index (χ4v) is 9.23. The van der Waals surface area contributed by atoms with Crippen LogP contribution in [0.4, 0.5) is 5.69 Å². The lowest BCUT2D eigenvalue weighted by molar-refractivity contribution is 0.0358. The summed E-state index contributed by atoms with van der Waals surface area (Å²) in [6.45, 7) is 22.2. The average Bonchev–Trinajstić information content (AvgIpc) is 4.06. The molecule has 8 aromatic rings. The summed E-state index contributed by atoms with van der Waals surface area (Å²) < 4.78 is 25.7. The molecule has 6 aromatic heterocycles. The zero-order valence-corrected chi connectivity index (χ0v) is 38.2. The van der Waals surface area contributed by atoms with Gasteiger partial charge in [-0.2, -0.15) is 10.2 Å². The van der Waals surface area contributed by atoms with E-state index in [2.05, 4.69) is 24.5 Å². The average molecular weight is 917 g/mol. The molecule has 1 fully saturated rings. The van der Waals surface area contributed by atoms with Gasteiger partial charge in [-0.25, -0.2) is 24.8 Å². The summed E-state index contributed by atoms with van der Waals surface area (Å²) in [5, 5.41) is 12.2. The van der Waals surface area contributed by atoms with E-state index in [0.717, 1.165) is 67.6 Å². The molecule has 1 aliphatic rings. The van der Waals surface area contributed by atoms with Crippen LogP contribution in [0.1, 0.15) is 42.0 Å². The molecular weight excluding hydrogens is 869 g/mol. The molecule has 1 saturated heterocycles. The number of hydrogen-bond acceptors (Lipinski definition) is 11. The first-order chi connectivity index (χ1) is 31.5. The second-order valence-corrected chi connectivity index (χ2v) is 16.5. The highest BCUT2D eigenvalue weighted by Crippen LogP contribution is 2.42. The van der Waals surface area contributed by atoms with Crippen LogP contribution in [-0.4, -0.2) is 106 Å². The Labute approximate surface area is 384 Å². The molecule has 9 rings (SSSR count). The number of nitrogens with two attached hydrogens (primary N) is 1. The normalized spacial score (nSPS) is 13.6. The minimum absolute atomic E-state index is 0.205. The van der Waals surface area contributed by atoms with Gasteiger partial charge in [-0.3, -0.25) is 19.1 Å². The number of rotatable bonds is 15. The Balaban J connectivity index is 1.17. The largest absolute Gasteiger partial charge is 0.495 e. The molecule has 19 heteroatoms. The van der Waals surface area contributed by atoms with Crippen molar-refractivity contribution in [3.05, 3.63) is 87.2 Å². The van der Waals surface area contributed by atoms with Crippen molar-refractivity contribution in [1.82, 2.24) is 53.5 Å². The first-order valence-electron chi connectivity index (χ1n) is 21.5. The minimum atomic E-state index is -0.613. The first-order valence-corrected chi connectivity index (χ1v) is 22.2. The van der Waals surface area contributed by atoms with E-state index in [-0.39, 0.29) is 15.9 Å². The number of fused-ring (bicyclic) bond motifs is 6. The molecule has 1 aliphatic heterocycles. The number of ether oxygens (including phenoxy) is 3. The van der Waals surface area contributed by atoms with Crippen LogP contribution in [0.5, 0.6) is 11.5 Å². The van der Waals surface area contributed by atoms with E-state index in [1.807, 2.05) is 72.0 Å². The molecule has 0 unspecified atom stereocenters. The lowest BCUT2D eigenvalue weighted by atomic mass is 10.1. The highest BCUT2D eigenvalue weighted by molar-refractivity contribution is 6.37. The van der Waals surface area contributed by atoms with Gasteiger partial charge >= 0.3 is 0 Å². The Morgan fingerprint density at radius 2 is 1.37 bits per heavy atom. The highest BCUT2D eigenvalue weighted by atomic mass is 35.5. The Kier molecular flexibility index (Phi) is 12.2. The molecular formula is C46H47Cl2N13O4. The lowest BCUT2D eigenvalue weighted by Gasteiger charge is -2.26. The van der Waals surface area contributed by atoms with Crippen LogP contribution in [0.15, 0.2) is 48.6 Å². The molecule has 17 nitrogen and oxygen atoms in total. The van der Waals surface area contributed by atoms with Gasteiger partial charge in [-0.15, -0.1) is 0 Å². The number of aromatic nitrogens is 10. The third-order valence-electron chi connectivity index (χ3n) is 11.6. The Hall–Kier alpha value is -6.58. The van der Waals surface area contributed by atoms with E-state index < -0.39 is 5.91 Å². The molecule has 65 heavy (non-hydrogen) atoms. The quantitative estimate of drug-likeness (QED) is 0.0454. The second kappa shape index (κ2) is 18.1. The summed E-state index contributed by atoms with van der Waals surface area (Å²) in [6.07, 6.45) is 4.83. The van der Waals surface area contributed by atoms with E-state index in [1.54, 1.807) is 25.3 Å². The van der Waals surface area contributed by atoms with Crippen molar-refractivity contribution >= 4 is 78.7 Å². The predicted molar refractivity (Wildman–Crippen MR) is 251 cm³/mol. The Morgan fingerprint density at radius 3 is 1.89 bits per heavy atom. The molecule has 0 spiro atoms. The molecule has 0 bridgehead atoms. The van der Waals surface area contributed by atoms with Gasteiger partial charge in [0.25, 0.3) is 0 Å². The summed E-state index contributed by atoms with van der Waals surface area (Å²) in [6, 6.07) is 10.8. The number of carbonyl (C=O) groups is 1. The van der Waals surface area contributed by atoms with Crippen LogP contribution in [0.3, 0.4) is 0 Å². The number of morpholine rings is 1. The maximum atomic E-state index is 12.5. The summed E-state index contributed by atoms with van der Waals surface area (Å²) in [7, 11) is 1.54. The molecule has 0 atom stereocenters. The van der Waals surface area contributed by atoms with Gasteiger partial charge in [0, 0.05) is 62.1 Å². The molecule has 0 radical (unpaired) electrons. The number of nitrogens with zero attached hydrogens (tertiary/aromatic N) is 12. The minimum Gasteiger partial charge on any atom is -0.495 e. The van der Waals surface area contributed by atoms with Crippen LogP contribution in [0.25, 0.3) is 71.8 Å². The van der Waals surface area contributed by atoms with E-state index in [9.17, 15) is 4.79 Å². The van der Waals surface area contributed by atoms with E-state index in [1.165, 1.54) is 0 Å². The molecule has 2 N–H and O–H groups in total. The van der Waals surface area contributed by atoms with Gasteiger partial charge in [0.15, 0.2) is 17.3 Å². The molecule has 0 saturated carbocycles. The number of halogens is 2. The van der Waals surface area contributed by atoms with Gasteiger partial charge in [0.05, 0.1) is 66.7 Å². The van der Waals surface area contributed by atoms with E-state index in [4.69, 9.17) is 69.7 Å². The summed E-state index contributed by atoms with van der Waals surface area (Å²) in [4.78, 5) is 38.5. The standard InChI is InChI=1S/C46H47Cl2N13O4/c1-7-60-32(20-26(3)55-60)43-51-40(47)36-30-22-28(42(49)62)23-34(63-6)38(30)58(45(36)53-43)13-9-10-14-59-39-31(24-29(50-5)25-35(39)65-17-11-12-57-15-18-64-19-16-57)37-41(48)52-44(54-46(37)59)33-21-27(4)56-61(33)8-2/h9-10,20-25H,7-8,11-19H2,1-4,6H3,(H2,49,62)/b10-9+. The van der Waals surface area contributed by atoms with Crippen molar-refractivity contribution in [3.63, 3.8) is 0 Å². The number of allylic oxidation sites excluding steroid dienone is 2. The molecule has 7 heterocycles. The number of methoxy groups -OCH3 is 1. The molecule has 2 aromatic carbocycles. The van der Waals surface area contributed by atoms with Gasteiger partial charge < -0.3 is 29.1 Å². The third kappa shape index (κ3) is 8.11. The Bertz CT molecular complexity index is 3230. The third-order valence-corrected chi connectivity index (χ3v) is 12.2. The predicted octanol–water partition coefficient (Wildman–Crippen LogP) is 8.19. The Morgan fingerprint density at radius 1 is 0.815 bits per heavy atom. The van der Waals surface area contributed by atoms with Crippen LogP contribution < -0.4 is 15.2 Å². The zero-order chi connectivity index (χ0) is 45.5. The van der Waals surface area contributed by atoms with Crippen molar-refractivity contribution in [2.45, 2.75) is 60.3 Å². The van der Waals surface area contributed by atoms with Gasteiger partial charge in [0.2, 0.25) is 5.91 Å². The van der Waals surface area contributed by atoms with Gasteiger partial charge in [0.1, 0.15) is 44.5 Å². The SMILES string of the molecule is [C-]#[N+]c1cc(OCCCN2CCOCC2)c2c(c1)c1c(Cl)nc(-c3cc(C)nn3CC)nc1n2C/C=C/Cn1c2nc(-c3cc(C)nn3CC)nc(Cl)c2c2cc(C(N)=O)cc(OC)c21. The van der Waals surface area contributed by atoms with Crippen molar-refractivity contribution in [2.75, 3.05) is 46.6 Å². The maximum absolute atomic E-state index is 12.5. The number of benzene rings is 2. The van der Waals surface area contributed by atoms with Crippen molar-refractivity contribution in [1.29, 1.82) is 0 Å². The monoisotopic (exact) mass is 915 g/mol.